The molecular formula is C51H78N3O12P3. The molecule has 1 aromatic heterocycles. The Morgan fingerprint density at radius 2 is 0.623 bits per heavy atom. The zero-order chi connectivity index (χ0) is 50.0. The summed E-state index contributed by atoms with van der Waals surface area (Å²) in [7, 11) is -0.654. The van der Waals surface area contributed by atoms with Gasteiger partial charge in [-0.2, -0.15) is 0 Å². The van der Waals surface area contributed by atoms with Crippen molar-refractivity contribution in [1.82, 2.24) is 13.7 Å². The van der Waals surface area contributed by atoms with Crippen LogP contribution in [0.25, 0.3) is 0 Å². The van der Waals surface area contributed by atoms with Gasteiger partial charge >= 0.3 is 17.1 Å². The van der Waals surface area contributed by atoms with Crippen LogP contribution in [0, 0.1) is 0 Å². The van der Waals surface area contributed by atoms with E-state index in [1.807, 2.05) is 93.6 Å². The molecule has 69 heavy (non-hydrogen) atoms. The SMILES string of the molecule is CCCCOCCOC(C)c1ccc(POC(C)n2c(=O)n(C(C)OPc3ccc(C(C)OCCOCCCC)cc3)c(=O)n(C(C)OPc3ccc(C(C)OCCOCCCC)cc3)c2=O)cc1. The number of hydrogen-bond acceptors (Lipinski definition) is 12. The van der Waals surface area contributed by atoms with Gasteiger partial charge in [0.25, 0.3) is 0 Å². The Hall–Kier alpha value is -3.00. The van der Waals surface area contributed by atoms with E-state index in [-0.39, 0.29) is 44.7 Å². The Bertz CT molecular complexity index is 1930. The zero-order valence-corrected chi connectivity index (χ0v) is 45.2. The van der Waals surface area contributed by atoms with Gasteiger partial charge in [-0.1, -0.05) is 113 Å². The standard InChI is InChI=1S/C51H78N3O12P3/c1-10-13-28-58-31-34-61-37(4)43-16-22-46(23-17-43)67-64-40(7)52-49(55)53(41(8)65-68-47-24-18-44(19-25-47)38(5)62-35-32-59-29-14-11-2)51(57)54(50(52)56)42(9)66-69-48-26-20-45(21-27-48)39(6)63-36-33-60-30-15-12-3/h16-27,37-42,67-69H,10-15,28-36H2,1-9H3. The third-order valence-corrected chi connectivity index (χ3v) is 14.3. The molecule has 3 aromatic carbocycles. The molecule has 15 nitrogen and oxygen atoms in total. The van der Waals surface area contributed by atoms with E-state index in [0.29, 0.717) is 39.6 Å². The van der Waals surface area contributed by atoms with Gasteiger partial charge in [-0.3, -0.25) is 0 Å². The predicted octanol–water partition coefficient (Wildman–Crippen LogP) is 9.22. The van der Waals surface area contributed by atoms with Gasteiger partial charge in [0, 0.05) is 46.2 Å². The van der Waals surface area contributed by atoms with Gasteiger partial charge in [0.05, 0.1) is 58.0 Å². The monoisotopic (exact) mass is 1020 g/mol. The fourth-order valence-corrected chi connectivity index (χ4v) is 8.94. The normalized spacial score (nSPS) is 14.9. The molecule has 0 amide bonds. The number of rotatable bonds is 36. The highest BCUT2D eigenvalue weighted by atomic mass is 31.1. The molecule has 0 N–H and O–H groups in total. The second-order valence-electron chi connectivity index (χ2n) is 16.7. The van der Waals surface area contributed by atoms with E-state index in [9.17, 15) is 14.4 Å². The Labute approximate surface area is 414 Å². The molecular weight excluding hydrogens is 939 g/mol. The van der Waals surface area contributed by atoms with Crippen molar-refractivity contribution in [1.29, 1.82) is 0 Å². The van der Waals surface area contributed by atoms with Crippen molar-refractivity contribution >= 4 is 42.3 Å². The van der Waals surface area contributed by atoms with E-state index in [2.05, 4.69) is 20.8 Å². The molecule has 0 saturated heterocycles. The molecule has 0 fully saturated rings. The number of ether oxygens (including phenoxy) is 6. The lowest BCUT2D eigenvalue weighted by atomic mass is 10.1. The number of benzene rings is 3. The van der Waals surface area contributed by atoms with E-state index in [1.165, 1.54) is 0 Å². The minimum absolute atomic E-state index is 0.133. The maximum atomic E-state index is 14.3. The summed E-state index contributed by atoms with van der Waals surface area (Å²) in [6, 6.07) is 23.4. The van der Waals surface area contributed by atoms with Crippen LogP contribution in [0.1, 0.15) is 155 Å². The smallest absolute Gasteiger partial charge is 0.340 e. The van der Waals surface area contributed by atoms with E-state index in [0.717, 1.165) is 105 Å². The maximum Gasteiger partial charge on any atom is 0.340 e. The molecule has 4 aromatic rings. The largest absolute Gasteiger partial charge is 0.379 e. The lowest BCUT2D eigenvalue weighted by molar-refractivity contribution is 0.0109. The Morgan fingerprint density at radius 3 is 0.855 bits per heavy atom. The molecule has 4 rings (SSSR count). The molecule has 0 aliphatic carbocycles. The van der Waals surface area contributed by atoms with Crippen molar-refractivity contribution in [3.05, 3.63) is 121 Å². The molecule has 0 saturated carbocycles. The quantitative estimate of drug-likeness (QED) is 0.0316. The molecule has 0 aliphatic heterocycles. The van der Waals surface area contributed by atoms with E-state index < -0.39 is 35.8 Å². The topological polar surface area (TPSA) is 149 Å². The van der Waals surface area contributed by atoms with Crippen LogP contribution >= 0.6 is 26.4 Å². The van der Waals surface area contributed by atoms with Crippen LogP contribution in [0.15, 0.2) is 87.2 Å². The van der Waals surface area contributed by atoms with Gasteiger partial charge in [0.2, 0.25) is 0 Å². The number of nitrogens with zero attached hydrogens (tertiary/aromatic N) is 3. The average Bonchev–Trinajstić information content (AvgIpc) is 3.35. The molecule has 18 heteroatoms. The molecule has 0 aliphatic rings. The lowest BCUT2D eigenvalue weighted by Crippen LogP contribution is -2.57. The highest BCUT2D eigenvalue weighted by molar-refractivity contribution is 7.42. The van der Waals surface area contributed by atoms with Crippen LogP contribution < -0.4 is 33.0 Å². The summed E-state index contributed by atoms with van der Waals surface area (Å²) in [4.78, 5) is 42.9. The van der Waals surface area contributed by atoms with Crippen molar-refractivity contribution in [2.75, 3.05) is 59.5 Å². The van der Waals surface area contributed by atoms with Gasteiger partial charge in [-0.05, 0) is 93.4 Å². The summed E-state index contributed by atoms with van der Waals surface area (Å²) in [5.41, 5.74) is 0.424. The van der Waals surface area contributed by atoms with Crippen molar-refractivity contribution in [2.45, 2.75) is 138 Å². The Kier molecular flexibility index (Phi) is 27.9. The van der Waals surface area contributed by atoms with Crippen LogP contribution in [-0.4, -0.2) is 73.2 Å². The molecule has 9 atom stereocenters. The molecule has 384 valence electrons. The molecule has 0 spiro atoms. The van der Waals surface area contributed by atoms with E-state index >= 15 is 0 Å². The van der Waals surface area contributed by atoms with Crippen molar-refractivity contribution in [3.63, 3.8) is 0 Å². The second kappa shape index (κ2) is 32.9. The maximum absolute atomic E-state index is 14.3. The molecule has 1 heterocycles. The number of hydrogen-bond donors (Lipinski definition) is 0. The number of unbranched alkanes of at least 4 members (excludes halogenated alkanes) is 3. The minimum Gasteiger partial charge on any atom is -0.379 e. The first-order valence-electron chi connectivity index (χ1n) is 24.5. The van der Waals surface area contributed by atoms with Crippen molar-refractivity contribution < 1.29 is 42.0 Å². The van der Waals surface area contributed by atoms with Crippen molar-refractivity contribution in [2.24, 2.45) is 0 Å². The van der Waals surface area contributed by atoms with Crippen LogP contribution in [0.3, 0.4) is 0 Å². The van der Waals surface area contributed by atoms with Crippen molar-refractivity contribution in [3.8, 4) is 0 Å². The summed E-state index contributed by atoms with van der Waals surface area (Å²) < 4.78 is 56.2. The molecule has 0 radical (unpaired) electrons. The fraction of sp³-hybridized carbons (Fsp3) is 0.588. The Balaban J connectivity index is 1.49. The zero-order valence-electron chi connectivity index (χ0n) is 42.2. The van der Waals surface area contributed by atoms with Gasteiger partial charge in [0.1, 0.15) is 18.7 Å². The van der Waals surface area contributed by atoms with Crippen LogP contribution in [0.5, 0.6) is 0 Å². The Morgan fingerprint density at radius 1 is 0.377 bits per heavy atom. The van der Waals surface area contributed by atoms with Gasteiger partial charge < -0.3 is 42.0 Å². The van der Waals surface area contributed by atoms with Crippen LogP contribution in [0.2, 0.25) is 0 Å². The summed E-state index contributed by atoms with van der Waals surface area (Å²) in [6.45, 7) is 22.5. The first-order chi connectivity index (χ1) is 33.4. The fourth-order valence-electron chi connectivity index (χ4n) is 6.80. The predicted molar refractivity (Wildman–Crippen MR) is 280 cm³/mol. The third kappa shape index (κ3) is 19.9. The highest BCUT2D eigenvalue weighted by Gasteiger charge is 2.26. The molecule has 0 bridgehead atoms. The lowest BCUT2D eigenvalue weighted by Gasteiger charge is -2.24. The summed E-state index contributed by atoms with van der Waals surface area (Å²) in [5, 5.41) is 2.56. The van der Waals surface area contributed by atoms with E-state index in [4.69, 9.17) is 42.0 Å². The second-order valence-corrected chi connectivity index (χ2v) is 19.8. The minimum atomic E-state index is -1.06. The van der Waals surface area contributed by atoms with E-state index in [1.54, 1.807) is 20.8 Å². The summed E-state index contributed by atoms with van der Waals surface area (Å²) in [5.74, 6) is 0. The van der Waals surface area contributed by atoms with Gasteiger partial charge in [-0.15, -0.1) is 0 Å². The van der Waals surface area contributed by atoms with Gasteiger partial charge in [-0.25, -0.2) is 28.1 Å². The first-order valence-corrected chi connectivity index (χ1v) is 27.2. The summed E-state index contributed by atoms with van der Waals surface area (Å²) in [6.07, 6.45) is 2.78. The van der Waals surface area contributed by atoms with Crippen LogP contribution in [-0.2, 0) is 42.0 Å². The van der Waals surface area contributed by atoms with Gasteiger partial charge in [0.15, 0.2) is 0 Å². The number of aromatic nitrogens is 3. The average molecular weight is 1020 g/mol. The third-order valence-electron chi connectivity index (χ3n) is 11.2. The highest BCUT2D eigenvalue weighted by Crippen LogP contribution is 2.26. The first kappa shape index (κ1) is 58.6. The van der Waals surface area contributed by atoms with Crippen LogP contribution in [0.4, 0.5) is 0 Å². The molecule has 9 unspecified atom stereocenters. The summed E-state index contributed by atoms with van der Waals surface area (Å²) >= 11 is 0.